The Labute approximate surface area is 113 Å². The van der Waals surface area contributed by atoms with Gasteiger partial charge in [0.15, 0.2) is 0 Å². The summed E-state index contributed by atoms with van der Waals surface area (Å²) in [4.78, 5) is 2.42. The van der Waals surface area contributed by atoms with Crippen LogP contribution in [0, 0.1) is 5.92 Å². The Kier molecular flexibility index (Phi) is 5.01. The lowest BCUT2D eigenvalue weighted by atomic mass is 9.97. The van der Waals surface area contributed by atoms with E-state index in [1.54, 1.807) is 0 Å². The molecule has 0 atom stereocenters. The number of hydrogen-bond acceptors (Lipinski definition) is 2. The lowest BCUT2D eigenvalue weighted by Gasteiger charge is -2.29. The molecule has 0 radical (unpaired) electrons. The van der Waals surface area contributed by atoms with Crippen LogP contribution in [0.5, 0.6) is 0 Å². The Hall–Kier alpha value is -0.380. The second-order valence-corrected chi connectivity index (χ2v) is 5.92. The van der Waals surface area contributed by atoms with Crippen molar-refractivity contribution in [3.63, 3.8) is 0 Å². The van der Waals surface area contributed by atoms with E-state index in [4.69, 9.17) is 0 Å². The number of likely N-dealkylation sites (tertiary alicyclic amines) is 1. The van der Waals surface area contributed by atoms with E-state index >= 15 is 0 Å². The van der Waals surface area contributed by atoms with Gasteiger partial charge in [0.05, 0.1) is 0 Å². The molecule has 0 spiro atoms. The molecular weight excluding hydrogens is 276 g/mol. The third kappa shape index (κ3) is 4.41. The molecule has 17 heavy (non-hydrogen) atoms. The summed E-state index contributed by atoms with van der Waals surface area (Å²) in [5, 5.41) is 3.57. The van der Waals surface area contributed by atoms with Crippen LogP contribution in [-0.4, -0.2) is 31.6 Å². The topological polar surface area (TPSA) is 15.3 Å². The van der Waals surface area contributed by atoms with Gasteiger partial charge in [-0.1, -0.05) is 28.1 Å². The van der Waals surface area contributed by atoms with Crippen LogP contribution in [0.25, 0.3) is 0 Å². The lowest BCUT2D eigenvalue weighted by Crippen LogP contribution is -2.34. The summed E-state index contributed by atoms with van der Waals surface area (Å²) in [6.45, 7) is 4.64. The Balaban J connectivity index is 1.69. The van der Waals surface area contributed by atoms with Crippen LogP contribution in [0.2, 0.25) is 0 Å². The summed E-state index contributed by atoms with van der Waals surface area (Å²) in [6.07, 6.45) is 2.67. The van der Waals surface area contributed by atoms with E-state index in [0.717, 1.165) is 23.5 Å². The first-order valence-electron chi connectivity index (χ1n) is 6.38. The molecule has 1 aromatic carbocycles. The highest BCUT2D eigenvalue weighted by Gasteiger charge is 2.15. The molecule has 0 aliphatic carbocycles. The second-order valence-electron chi connectivity index (χ2n) is 5.01. The van der Waals surface area contributed by atoms with Crippen LogP contribution in [0.4, 0.5) is 0 Å². The minimum atomic E-state index is 0.860. The van der Waals surface area contributed by atoms with Crippen molar-refractivity contribution < 1.29 is 0 Å². The fourth-order valence-electron chi connectivity index (χ4n) is 2.33. The van der Waals surface area contributed by atoms with Crippen LogP contribution in [0.3, 0.4) is 0 Å². The zero-order valence-corrected chi connectivity index (χ0v) is 12.0. The van der Waals surface area contributed by atoms with Gasteiger partial charge < -0.3 is 10.2 Å². The molecule has 0 saturated carbocycles. The van der Waals surface area contributed by atoms with E-state index < -0.39 is 0 Å². The number of halogens is 1. The molecule has 1 N–H and O–H groups in total. The summed E-state index contributed by atoms with van der Waals surface area (Å²) in [5.41, 5.74) is 1.35. The van der Waals surface area contributed by atoms with Crippen LogP contribution >= 0.6 is 15.9 Å². The van der Waals surface area contributed by atoms with Crippen LogP contribution in [0.1, 0.15) is 18.4 Å². The molecule has 1 fully saturated rings. The maximum atomic E-state index is 3.57. The lowest BCUT2D eigenvalue weighted by molar-refractivity contribution is 0.216. The van der Waals surface area contributed by atoms with E-state index in [2.05, 4.69) is 57.5 Å². The maximum Gasteiger partial charge on any atom is 0.0206 e. The molecule has 0 aromatic heterocycles. The van der Waals surface area contributed by atoms with Crippen LogP contribution < -0.4 is 5.32 Å². The van der Waals surface area contributed by atoms with E-state index in [1.807, 2.05) is 0 Å². The predicted octanol–water partition coefficient (Wildman–Crippen LogP) is 2.88. The largest absolute Gasteiger partial charge is 0.312 e. The fourth-order valence-corrected chi connectivity index (χ4v) is 2.78. The maximum absolute atomic E-state index is 3.57. The minimum absolute atomic E-state index is 0.860. The van der Waals surface area contributed by atoms with Gasteiger partial charge in [-0.2, -0.15) is 0 Å². The normalized spacial score (nSPS) is 18.5. The standard InChI is InChI=1S/C14H21BrN2/c1-17-7-5-12(6-8-17)10-16-11-13-3-2-4-14(15)9-13/h2-4,9,12,16H,5-8,10-11H2,1H3. The van der Waals surface area contributed by atoms with E-state index in [0.29, 0.717) is 0 Å². The van der Waals surface area contributed by atoms with Gasteiger partial charge >= 0.3 is 0 Å². The fraction of sp³-hybridized carbons (Fsp3) is 0.571. The number of nitrogens with one attached hydrogen (secondary N) is 1. The van der Waals surface area contributed by atoms with Crippen molar-refractivity contribution in [1.82, 2.24) is 10.2 Å². The van der Waals surface area contributed by atoms with Crippen molar-refractivity contribution >= 4 is 15.9 Å². The molecule has 1 aromatic rings. The third-order valence-corrected chi connectivity index (χ3v) is 3.98. The highest BCUT2D eigenvalue weighted by molar-refractivity contribution is 9.10. The van der Waals surface area contributed by atoms with Crippen molar-refractivity contribution in [3.8, 4) is 0 Å². The number of hydrogen-bond donors (Lipinski definition) is 1. The van der Waals surface area contributed by atoms with Gasteiger partial charge in [-0.25, -0.2) is 0 Å². The average molecular weight is 297 g/mol. The van der Waals surface area contributed by atoms with Gasteiger partial charge in [0.1, 0.15) is 0 Å². The first-order valence-corrected chi connectivity index (χ1v) is 7.17. The second kappa shape index (κ2) is 6.53. The molecule has 1 saturated heterocycles. The van der Waals surface area contributed by atoms with Gasteiger partial charge in [0.25, 0.3) is 0 Å². The SMILES string of the molecule is CN1CCC(CNCc2cccc(Br)c2)CC1. The Morgan fingerprint density at radius 3 is 2.82 bits per heavy atom. The Bertz CT molecular complexity index is 346. The van der Waals surface area contributed by atoms with Gasteiger partial charge in [-0.05, 0) is 63.1 Å². The zero-order chi connectivity index (χ0) is 12.1. The average Bonchev–Trinajstić information content (AvgIpc) is 2.32. The minimum Gasteiger partial charge on any atom is -0.312 e. The smallest absolute Gasteiger partial charge is 0.0206 e. The molecule has 0 amide bonds. The van der Waals surface area contributed by atoms with Crippen LogP contribution in [-0.2, 0) is 6.54 Å². The molecule has 1 aliphatic heterocycles. The molecule has 0 unspecified atom stereocenters. The van der Waals surface area contributed by atoms with Crippen LogP contribution in [0.15, 0.2) is 28.7 Å². The first kappa shape index (κ1) is 13.1. The molecule has 0 bridgehead atoms. The van der Waals surface area contributed by atoms with Crippen molar-refractivity contribution in [3.05, 3.63) is 34.3 Å². The monoisotopic (exact) mass is 296 g/mol. The molecule has 2 nitrogen and oxygen atoms in total. The molecule has 1 aliphatic rings. The Morgan fingerprint density at radius 1 is 1.35 bits per heavy atom. The molecule has 2 rings (SSSR count). The quantitative estimate of drug-likeness (QED) is 0.919. The molecule has 3 heteroatoms. The molecular formula is C14H21BrN2. The van der Waals surface area contributed by atoms with Gasteiger partial charge in [0.2, 0.25) is 0 Å². The summed E-state index contributed by atoms with van der Waals surface area (Å²) in [5.74, 6) is 0.860. The summed E-state index contributed by atoms with van der Waals surface area (Å²) < 4.78 is 1.16. The van der Waals surface area contributed by atoms with Crippen molar-refractivity contribution in [2.45, 2.75) is 19.4 Å². The van der Waals surface area contributed by atoms with E-state index in [-0.39, 0.29) is 0 Å². The summed E-state index contributed by atoms with van der Waals surface area (Å²) in [7, 11) is 2.21. The third-order valence-electron chi connectivity index (χ3n) is 3.49. The summed E-state index contributed by atoms with van der Waals surface area (Å²) >= 11 is 3.50. The molecule has 1 heterocycles. The zero-order valence-electron chi connectivity index (χ0n) is 10.5. The van der Waals surface area contributed by atoms with Crippen molar-refractivity contribution in [2.75, 3.05) is 26.7 Å². The predicted molar refractivity (Wildman–Crippen MR) is 76.1 cm³/mol. The first-order chi connectivity index (χ1) is 8.24. The number of benzene rings is 1. The van der Waals surface area contributed by atoms with Gasteiger partial charge in [0, 0.05) is 11.0 Å². The van der Waals surface area contributed by atoms with Gasteiger partial charge in [-0.3, -0.25) is 0 Å². The highest BCUT2D eigenvalue weighted by Crippen LogP contribution is 2.15. The number of piperidine rings is 1. The number of nitrogens with zero attached hydrogens (tertiary/aromatic N) is 1. The summed E-state index contributed by atoms with van der Waals surface area (Å²) in [6, 6.07) is 8.52. The van der Waals surface area contributed by atoms with Gasteiger partial charge in [-0.15, -0.1) is 0 Å². The Morgan fingerprint density at radius 2 is 2.12 bits per heavy atom. The van der Waals surface area contributed by atoms with E-state index in [1.165, 1.54) is 31.5 Å². The number of rotatable bonds is 4. The highest BCUT2D eigenvalue weighted by atomic mass is 79.9. The molecule has 94 valence electrons. The van der Waals surface area contributed by atoms with Crippen molar-refractivity contribution in [1.29, 1.82) is 0 Å². The van der Waals surface area contributed by atoms with E-state index in [9.17, 15) is 0 Å². The van der Waals surface area contributed by atoms with Crippen molar-refractivity contribution in [2.24, 2.45) is 5.92 Å².